The molecule has 1 N–H and O–H groups in total. The Balaban J connectivity index is 1.78. The van der Waals surface area contributed by atoms with E-state index in [1.807, 2.05) is 31.2 Å². The van der Waals surface area contributed by atoms with Gasteiger partial charge in [0.2, 0.25) is 11.7 Å². The molecule has 3 aromatic rings. The van der Waals surface area contributed by atoms with E-state index in [1.54, 1.807) is 6.92 Å². The fourth-order valence-electron chi connectivity index (χ4n) is 3.26. The Morgan fingerprint density at radius 2 is 1.73 bits per heavy atom. The van der Waals surface area contributed by atoms with Crippen molar-refractivity contribution in [1.29, 1.82) is 0 Å². The van der Waals surface area contributed by atoms with E-state index in [2.05, 4.69) is 34.6 Å². The van der Waals surface area contributed by atoms with Crippen LogP contribution in [0.15, 0.2) is 48.5 Å². The summed E-state index contributed by atoms with van der Waals surface area (Å²) in [5.41, 5.74) is 2.30. The fourth-order valence-corrected chi connectivity index (χ4v) is 3.26. The summed E-state index contributed by atoms with van der Waals surface area (Å²) in [6, 6.07) is 12.3. The van der Waals surface area contributed by atoms with E-state index in [4.69, 9.17) is 0 Å². The SMILES string of the molecule is Cc1ccc(-c2nnn(CC(=O)N(c3ccc(F)cc3)[C@H](C)C(=O)NCCC(C)C)n2)cc1. The molecule has 8 nitrogen and oxygen atoms in total. The van der Waals surface area contributed by atoms with E-state index in [1.165, 1.54) is 34.0 Å². The third-order valence-corrected chi connectivity index (χ3v) is 5.20. The smallest absolute Gasteiger partial charge is 0.251 e. The molecule has 0 saturated carbocycles. The second-order valence-electron chi connectivity index (χ2n) is 8.40. The molecule has 0 unspecified atom stereocenters. The summed E-state index contributed by atoms with van der Waals surface area (Å²) in [5.74, 6) is -0.297. The van der Waals surface area contributed by atoms with Gasteiger partial charge >= 0.3 is 0 Å². The molecule has 2 amide bonds. The van der Waals surface area contributed by atoms with Crippen LogP contribution in [0.4, 0.5) is 10.1 Å². The minimum Gasteiger partial charge on any atom is -0.354 e. The Kier molecular flexibility index (Phi) is 7.87. The maximum absolute atomic E-state index is 13.5. The van der Waals surface area contributed by atoms with E-state index in [0.717, 1.165) is 17.5 Å². The van der Waals surface area contributed by atoms with Crippen molar-refractivity contribution in [3.63, 3.8) is 0 Å². The molecular weight excluding hydrogens is 423 g/mol. The van der Waals surface area contributed by atoms with Gasteiger partial charge in [0.25, 0.3) is 5.91 Å². The molecule has 0 aliphatic rings. The van der Waals surface area contributed by atoms with Crippen molar-refractivity contribution in [2.45, 2.75) is 46.7 Å². The van der Waals surface area contributed by atoms with Gasteiger partial charge in [0.15, 0.2) is 0 Å². The van der Waals surface area contributed by atoms with Crippen LogP contribution < -0.4 is 10.2 Å². The van der Waals surface area contributed by atoms with Gasteiger partial charge < -0.3 is 5.32 Å². The van der Waals surface area contributed by atoms with Crippen molar-refractivity contribution in [1.82, 2.24) is 25.5 Å². The normalized spacial score (nSPS) is 11.9. The third kappa shape index (κ3) is 6.44. The molecule has 1 atom stereocenters. The molecule has 1 heterocycles. The number of carbonyl (C=O) groups excluding carboxylic acids is 2. The van der Waals surface area contributed by atoms with Crippen LogP contribution in [0.1, 0.15) is 32.8 Å². The number of hydrogen-bond donors (Lipinski definition) is 1. The summed E-state index contributed by atoms with van der Waals surface area (Å²) < 4.78 is 13.5. The highest BCUT2D eigenvalue weighted by Gasteiger charge is 2.28. The van der Waals surface area contributed by atoms with Crippen LogP contribution in [0.25, 0.3) is 11.4 Å². The van der Waals surface area contributed by atoms with Gasteiger partial charge in [-0.2, -0.15) is 4.80 Å². The summed E-state index contributed by atoms with van der Waals surface area (Å²) >= 11 is 0. The van der Waals surface area contributed by atoms with Crippen LogP contribution in [-0.4, -0.2) is 44.6 Å². The number of halogens is 1. The van der Waals surface area contributed by atoms with Crippen molar-refractivity contribution in [3.05, 3.63) is 59.9 Å². The zero-order chi connectivity index (χ0) is 24.0. The first-order chi connectivity index (χ1) is 15.7. The molecule has 0 radical (unpaired) electrons. The quantitative estimate of drug-likeness (QED) is 0.537. The topological polar surface area (TPSA) is 93.0 Å². The Labute approximate surface area is 192 Å². The molecular formula is C24H29FN6O2. The average Bonchev–Trinajstić information content (AvgIpc) is 3.23. The van der Waals surface area contributed by atoms with Crippen LogP contribution in [-0.2, 0) is 16.1 Å². The predicted octanol–water partition coefficient (Wildman–Crippen LogP) is 3.37. The monoisotopic (exact) mass is 452 g/mol. The highest BCUT2D eigenvalue weighted by molar-refractivity contribution is 6.00. The first-order valence-electron chi connectivity index (χ1n) is 10.9. The lowest BCUT2D eigenvalue weighted by Gasteiger charge is -2.28. The number of aryl methyl sites for hydroxylation is 1. The van der Waals surface area contributed by atoms with Crippen molar-refractivity contribution < 1.29 is 14.0 Å². The van der Waals surface area contributed by atoms with E-state index in [0.29, 0.717) is 24.0 Å². The minimum absolute atomic E-state index is 0.222. The number of carbonyl (C=O) groups is 2. The lowest BCUT2D eigenvalue weighted by molar-refractivity contribution is -0.126. The predicted molar refractivity (Wildman–Crippen MR) is 124 cm³/mol. The lowest BCUT2D eigenvalue weighted by Crippen LogP contribution is -2.49. The van der Waals surface area contributed by atoms with Crippen molar-refractivity contribution in [3.8, 4) is 11.4 Å². The van der Waals surface area contributed by atoms with Crippen LogP contribution in [0.5, 0.6) is 0 Å². The number of benzene rings is 2. The number of amides is 2. The van der Waals surface area contributed by atoms with Crippen LogP contribution in [0, 0.1) is 18.7 Å². The zero-order valence-corrected chi connectivity index (χ0v) is 19.3. The molecule has 33 heavy (non-hydrogen) atoms. The molecule has 3 rings (SSSR count). The largest absolute Gasteiger partial charge is 0.354 e. The number of nitrogens with zero attached hydrogens (tertiary/aromatic N) is 5. The van der Waals surface area contributed by atoms with Crippen molar-refractivity contribution >= 4 is 17.5 Å². The molecule has 0 aliphatic heterocycles. The van der Waals surface area contributed by atoms with E-state index >= 15 is 0 Å². The highest BCUT2D eigenvalue weighted by atomic mass is 19.1. The first-order valence-corrected chi connectivity index (χ1v) is 10.9. The van der Waals surface area contributed by atoms with Gasteiger partial charge in [-0.05, 0) is 55.7 Å². The number of tetrazole rings is 1. The standard InChI is InChI=1S/C24H29FN6O2/c1-16(2)13-14-26-24(33)18(4)31(21-11-9-20(25)10-12-21)22(32)15-30-28-23(27-29-30)19-7-5-17(3)6-8-19/h5-12,16,18H,13-15H2,1-4H3,(H,26,33)/t18-/m1/s1. The molecule has 2 aromatic carbocycles. The van der Waals surface area contributed by atoms with Crippen LogP contribution in [0.2, 0.25) is 0 Å². The second kappa shape index (κ2) is 10.8. The van der Waals surface area contributed by atoms with Gasteiger partial charge in [0, 0.05) is 17.8 Å². The third-order valence-electron chi connectivity index (χ3n) is 5.20. The van der Waals surface area contributed by atoms with Crippen molar-refractivity contribution in [2.75, 3.05) is 11.4 Å². The minimum atomic E-state index is -0.810. The number of hydrogen-bond acceptors (Lipinski definition) is 5. The Hall–Kier alpha value is -3.62. The molecule has 0 bridgehead atoms. The Morgan fingerprint density at radius 3 is 2.36 bits per heavy atom. The summed E-state index contributed by atoms with van der Waals surface area (Å²) in [5, 5.41) is 15.2. The van der Waals surface area contributed by atoms with E-state index in [-0.39, 0.29) is 12.5 Å². The number of anilines is 1. The molecule has 1 aromatic heterocycles. The van der Waals surface area contributed by atoms with Crippen LogP contribution >= 0.6 is 0 Å². The Bertz CT molecular complexity index is 1080. The van der Waals surface area contributed by atoms with Crippen molar-refractivity contribution in [2.24, 2.45) is 5.92 Å². The van der Waals surface area contributed by atoms with Gasteiger partial charge in [-0.1, -0.05) is 43.7 Å². The molecule has 0 saturated heterocycles. The van der Waals surface area contributed by atoms with Crippen LogP contribution in [0.3, 0.4) is 0 Å². The maximum Gasteiger partial charge on any atom is 0.251 e. The average molecular weight is 453 g/mol. The van der Waals surface area contributed by atoms with E-state index < -0.39 is 17.8 Å². The van der Waals surface area contributed by atoms with Gasteiger partial charge in [0.05, 0.1) is 0 Å². The molecule has 0 fully saturated rings. The second-order valence-corrected chi connectivity index (χ2v) is 8.40. The summed E-state index contributed by atoms with van der Waals surface area (Å²) in [7, 11) is 0. The van der Waals surface area contributed by atoms with E-state index in [9.17, 15) is 14.0 Å². The fraction of sp³-hybridized carbons (Fsp3) is 0.375. The van der Waals surface area contributed by atoms with Gasteiger partial charge in [0.1, 0.15) is 18.4 Å². The summed E-state index contributed by atoms with van der Waals surface area (Å²) in [6.07, 6.45) is 0.827. The number of rotatable bonds is 9. The molecule has 0 aliphatic carbocycles. The highest BCUT2D eigenvalue weighted by Crippen LogP contribution is 2.19. The summed E-state index contributed by atoms with van der Waals surface area (Å²) in [6.45, 7) is 8.05. The maximum atomic E-state index is 13.5. The number of nitrogens with one attached hydrogen (secondary N) is 1. The van der Waals surface area contributed by atoms with Gasteiger partial charge in [-0.3, -0.25) is 14.5 Å². The zero-order valence-electron chi connectivity index (χ0n) is 19.3. The number of aromatic nitrogens is 4. The molecule has 0 spiro atoms. The van der Waals surface area contributed by atoms with Gasteiger partial charge in [-0.25, -0.2) is 4.39 Å². The first kappa shape index (κ1) is 24.0. The van der Waals surface area contributed by atoms with Gasteiger partial charge in [-0.15, -0.1) is 10.2 Å². The molecule has 9 heteroatoms. The lowest BCUT2D eigenvalue weighted by atomic mass is 10.1. The Morgan fingerprint density at radius 1 is 1.06 bits per heavy atom. The summed E-state index contributed by atoms with van der Waals surface area (Å²) in [4.78, 5) is 28.5. The molecule has 174 valence electrons.